The smallest absolute Gasteiger partial charge is 0.252 e. The fraction of sp³-hybridized carbons (Fsp3) is 0.391. The molecule has 1 saturated heterocycles. The van der Waals surface area contributed by atoms with Gasteiger partial charge in [-0.2, -0.15) is 0 Å². The van der Waals surface area contributed by atoms with E-state index in [4.69, 9.17) is 5.73 Å². The van der Waals surface area contributed by atoms with Gasteiger partial charge in [-0.15, -0.1) is 11.8 Å². The van der Waals surface area contributed by atoms with Crippen molar-refractivity contribution in [2.75, 3.05) is 18.8 Å². The Balaban J connectivity index is 1.53. The lowest BCUT2D eigenvalue weighted by atomic mass is 10.1. The third-order valence-electron chi connectivity index (χ3n) is 5.08. The van der Waals surface area contributed by atoms with Gasteiger partial charge in [-0.05, 0) is 49.2 Å². The maximum absolute atomic E-state index is 12.6. The molecule has 0 aliphatic carbocycles. The van der Waals surface area contributed by atoms with Gasteiger partial charge in [0.05, 0.1) is 11.3 Å². The summed E-state index contributed by atoms with van der Waals surface area (Å²) in [5.41, 5.74) is 8.17. The molecule has 1 aliphatic rings. The van der Waals surface area contributed by atoms with Crippen LogP contribution in [-0.2, 0) is 17.9 Å². The Labute approximate surface area is 177 Å². The first kappa shape index (κ1) is 21.4. The van der Waals surface area contributed by atoms with Crippen LogP contribution in [0.2, 0.25) is 0 Å². The highest BCUT2D eigenvalue weighted by Crippen LogP contribution is 2.22. The van der Waals surface area contributed by atoms with Crippen molar-refractivity contribution in [3.8, 4) is 0 Å². The normalized spacial score (nSPS) is 14.9. The van der Waals surface area contributed by atoms with E-state index in [1.165, 1.54) is 56.1 Å². The van der Waals surface area contributed by atoms with Crippen molar-refractivity contribution in [3.05, 3.63) is 65.2 Å². The van der Waals surface area contributed by atoms with Crippen molar-refractivity contribution in [2.24, 2.45) is 5.73 Å². The largest absolute Gasteiger partial charge is 0.369 e. The highest BCUT2D eigenvalue weighted by Gasteiger charge is 2.12. The predicted molar refractivity (Wildman–Crippen MR) is 118 cm³/mol. The summed E-state index contributed by atoms with van der Waals surface area (Å²) >= 11 is 1.29. The summed E-state index contributed by atoms with van der Waals surface area (Å²) in [7, 11) is 0. The van der Waals surface area contributed by atoms with Gasteiger partial charge in [0.15, 0.2) is 0 Å². The average Bonchev–Trinajstić information content (AvgIpc) is 3.00. The van der Waals surface area contributed by atoms with E-state index in [0.717, 1.165) is 17.0 Å². The van der Waals surface area contributed by atoms with Crippen molar-refractivity contribution >= 4 is 23.6 Å². The number of rotatable bonds is 8. The van der Waals surface area contributed by atoms with Crippen LogP contribution >= 0.6 is 11.8 Å². The Hall–Kier alpha value is -2.31. The van der Waals surface area contributed by atoms with E-state index in [9.17, 15) is 9.59 Å². The van der Waals surface area contributed by atoms with E-state index in [0.29, 0.717) is 12.1 Å². The standard InChI is InChI=1S/C23H29N3O2S/c24-22(27)17-29-21-8-4-3-7-20(21)23(28)25-15-18-9-11-19(12-10-18)16-26-13-5-1-2-6-14-26/h3-4,7-12H,1-2,5-6,13-17H2,(H2,24,27)(H,25,28). The quantitative estimate of drug-likeness (QED) is 0.651. The summed E-state index contributed by atoms with van der Waals surface area (Å²) < 4.78 is 0. The summed E-state index contributed by atoms with van der Waals surface area (Å²) in [4.78, 5) is 26.9. The molecule has 0 radical (unpaired) electrons. The summed E-state index contributed by atoms with van der Waals surface area (Å²) in [6.45, 7) is 3.84. The number of amides is 2. The van der Waals surface area contributed by atoms with Crippen LogP contribution in [0.4, 0.5) is 0 Å². The number of nitrogens with two attached hydrogens (primary N) is 1. The van der Waals surface area contributed by atoms with Crippen LogP contribution < -0.4 is 11.1 Å². The molecular formula is C23H29N3O2S. The Morgan fingerprint density at radius 3 is 2.28 bits per heavy atom. The van der Waals surface area contributed by atoms with Crippen LogP contribution in [-0.4, -0.2) is 35.6 Å². The molecule has 1 fully saturated rings. The van der Waals surface area contributed by atoms with Crippen LogP contribution in [0.3, 0.4) is 0 Å². The number of carbonyl (C=O) groups is 2. The Kier molecular flexibility index (Phi) is 8.14. The van der Waals surface area contributed by atoms with Crippen molar-refractivity contribution in [3.63, 3.8) is 0 Å². The number of nitrogens with zero attached hydrogens (tertiary/aromatic N) is 1. The van der Waals surface area contributed by atoms with Gasteiger partial charge < -0.3 is 11.1 Å². The van der Waals surface area contributed by atoms with Gasteiger partial charge in [-0.1, -0.05) is 49.2 Å². The number of thioether (sulfide) groups is 1. The van der Waals surface area contributed by atoms with Gasteiger partial charge in [-0.3, -0.25) is 14.5 Å². The van der Waals surface area contributed by atoms with Crippen molar-refractivity contribution < 1.29 is 9.59 Å². The number of hydrogen-bond donors (Lipinski definition) is 2. The minimum atomic E-state index is -0.398. The van der Waals surface area contributed by atoms with E-state index in [1.54, 1.807) is 6.07 Å². The minimum absolute atomic E-state index is 0.147. The first-order chi connectivity index (χ1) is 14.1. The molecule has 1 aliphatic heterocycles. The fourth-order valence-corrected chi connectivity index (χ4v) is 4.31. The lowest BCUT2D eigenvalue weighted by molar-refractivity contribution is -0.115. The number of benzene rings is 2. The average molecular weight is 412 g/mol. The molecule has 0 saturated carbocycles. The van der Waals surface area contributed by atoms with E-state index in [-0.39, 0.29) is 11.7 Å². The number of likely N-dealkylation sites (tertiary alicyclic amines) is 1. The molecule has 154 valence electrons. The molecule has 29 heavy (non-hydrogen) atoms. The highest BCUT2D eigenvalue weighted by atomic mass is 32.2. The first-order valence-electron chi connectivity index (χ1n) is 10.2. The third-order valence-corrected chi connectivity index (χ3v) is 6.18. The van der Waals surface area contributed by atoms with Gasteiger partial charge >= 0.3 is 0 Å². The molecule has 0 atom stereocenters. The predicted octanol–water partition coefficient (Wildman–Crippen LogP) is 3.57. The lowest BCUT2D eigenvalue weighted by Crippen LogP contribution is -2.24. The van der Waals surface area contributed by atoms with Crippen LogP contribution in [0.5, 0.6) is 0 Å². The zero-order chi connectivity index (χ0) is 20.5. The SMILES string of the molecule is NC(=O)CSc1ccccc1C(=O)NCc1ccc(CN2CCCCCC2)cc1. The van der Waals surface area contributed by atoms with Crippen LogP contribution in [0.25, 0.3) is 0 Å². The Morgan fingerprint density at radius 1 is 0.931 bits per heavy atom. The second-order valence-electron chi connectivity index (χ2n) is 7.44. The van der Waals surface area contributed by atoms with Crippen LogP contribution in [0, 0.1) is 0 Å². The molecule has 0 aromatic heterocycles. The first-order valence-corrected chi connectivity index (χ1v) is 11.2. The van der Waals surface area contributed by atoms with Gasteiger partial charge in [0, 0.05) is 18.0 Å². The number of hydrogen-bond acceptors (Lipinski definition) is 4. The highest BCUT2D eigenvalue weighted by molar-refractivity contribution is 8.00. The molecule has 3 rings (SSSR count). The van der Waals surface area contributed by atoms with Crippen molar-refractivity contribution in [2.45, 2.75) is 43.7 Å². The van der Waals surface area contributed by atoms with E-state index in [1.807, 2.05) is 18.2 Å². The molecule has 0 spiro atoms. The van der Waals surface area contributed by atoms with E-state index >= 15 is 0 Å². The van der Waals surface area contributed by atoms with Crippen LogP contribution in [0.15, 0.2) is 53.4 Å². The number of primary amides is 1. The minimum Gasteiger partial charge on any atom is -0.369 e. The molecule has 5 nitrogen and oxygen atoms in total. The van der Waals surface area contributed by atoms with E-state index < -0.39 is 5.91 Å². The molecule has 3 N–H and O–H groups in total. The fourth-order valence-electron chi connectivity index (χ4n) is 3.52. The monoisotopic (exact) mass is 411 g/mol. The molecule has 0 unspecified atom stereocenters. The number of carbonyl (C=O) groups excluding carboxylic acids is 2. The van der Waals surface area contributed by atoms with E-state index in [2.05, 4.69) is 34.5 Å². The topological polar surface area (TPSA) is 75.4 Å². The molecule has 2 amide bonds. The molecule has 2 aromatic rings. The molecular weight excluding hydrogens is 382 g/mol. The third kappa shape index (κ3) is 6.91. The zero-order valence-corrected chi connectivity index (χ0v) is 17.5. The second kappa shape index (κ2) is 11.0. The van der Waals surface area contributed by atoms with Gasteiger partial charge in [0.2, 0.25) is 5.91 Å². The number of nitrogens with one attached hydrogen (secondary N) is 1. The Bertz CT molecular complexity index is 815. The Morgan fingerprint density at radius 2 is 1.59 bits per heavy atom. The lowest BCUT2D eigenvalue weighted by Gasteiger charge is -2.19. The second-order valence-corrected chi connectivity index (χ2v) is 8.46. The van der Waals surface area contributed by atoms with Crippen molar-refractivity contribution in [1.29, 1.82) is 0 Å². The molecule has 6 heteroatoms. The summed E-state index contributed by atoms with van der Waals surface area (Å²) in [6.07, 6.45) is 5.28. The molecule has 1 heterocycles. The van der Waals surface area contributed by atoms with Gasteiger partial charge in [0.25, 0.3) is 5.91 Å². The molecule has 0 bridgehead atoms. The van der Waals surface area contributed by atoms with Crippen LogP contribution in [0.1, 0.15) is 47.2 Å². The molecule has 2 aromatic carbocycles. The zero-order valence-electron chi connectivity index (χ0n) is 16.7. The maximum Gasteiger partial charge on any atom is 0.252 e. The van der Waals surface area contributed by atoms with Gasteiger partial charge in [-0.25, -0.2) is 0 Å². The summed E-state index contributed by atoms with van der Waals surface area (Å²) in [6, 6.07) is 15.8. The van der Waals surface area contributed by atoms with Gasteiger partial charge in [0.1, 0.15) is 0 Å². The summed E-state index contributed by atoms with van der Waals surface area (Å²) in [5.74, 6) is -0.389. The maximum atomic E-state index is 12.6. The summed E-state index contributed by atoms with van der Waals surface area (Å²) in [5, 5.41) is 2.97. The van der Waals surface area contributed by atoms with Crippen molar-refractivity contribution in [1.82, 2.24) is 10.2 Å².